The lowest BCUT2D eigenvalue weighted by Crippen LogP contribution is -2.46. The van der Waals surface area contributed by atoms with Crippen LogP contribution in [-0.4, -0.2) is 38.1 Å². The number of esters is 1. The lowest BCUT2D eigenvalue weighted by atomic mass is 9.81. The minimum absolute atomic E-state index is 0.135. The van der Waals surface area contributed by atoms with Crippen molar-refractivity contribution in [2.75, 3.05) is 21.2 Å². The van der Waals surface area contributed by atoms with Crippen LogP contribution in [0.15, 0.2) is 0 Å². The zero-order valence-electron chi connectivity index (χ0n) is 10.3. The molecule has 3 nitrogen and oxygen atoms in total. The van der Waals surface area contributed by atoms with Crippen LogP contribution in [0.4, 0.5) is 0 Å². The number of hydrogen-bond donors (Lipinski definition) is 0. The first kappa shape index (κ1) is 13.4. The van der Waals surface area contributed by atoms with Crippen molar-refractivity contribution in [1.82, 2.24) is 4.90 Å². The number of nitrogens with zero attached hydrogens (tertiary/aromatic N) is 1. The highest BCUT2D eigenvalue weighted by atomic mass is 16.5. The summed E-state index contributed by atoms with van der Waals surface area (Å²) in [6, 6.07) is 0.236. The number of hydrogen-bond acceptors (Lipinski definition) is 3. The van der Waals surface area contributed by atoms with Crippen molar-refractivity contribution in [2.45, 2.75) is 39.7 Å². The van der Waals surface area contributed by atoms with Gasteiger partial charge in [0.05, 0.1) is 12.5 Å². The highest BCUT2D eigenvalue weighted by Crippen LogP contribution is 2.28. The summed E-state index contributed by atoms with van der Waals surface area (Å²) >= 11 is 0. The van der Waals surface area contributed by atoms with Crippen molar-refractivity contribution in [2.24, 2.45) is 5.41 Å². The van der Waals surface area contributed by atoms with E-state index in [-0.39, 0.29) is 12.0 Å². The molecule has 0 aliphatic heterocycles. The van der Waals surface area contributed by atoms with Gasteiger partial charge in [0, 0.05) is 6.04 Å². The lowest BCUT2D eigenvalue weighted by Gasteiger charge is -2.36. The van der Waals surface area contributed by atoms with E-state index in [1.54, 1.807) is 0 Å². The minimum Gasteiger partial charge on any atom is -0.469 e. The van der Waals surface area contributed by atoms with E-state index in [9.17, 15) is 4.79 Å². The van der Waals surface area contributed by atoms with Gasteiger partial charge in [-0.25, -0.2) is 0 Å². The van der Waals surface area contributed by atoms with Gasteiger partial charge >= 0.3 is 5.97 Å². The molecule has 0 spiro atoms. The predicted octanol–water partition coefficient (Wildman–Crippen LogP) is 1.92. The summed E-state index contributed by atoms with van der Waals surface area (Å²) < 4.78 is 4.83. The summed E-state index contributed by atoms with van der Waals surface area (Å²) in [5, 5.41) is 0. The predicted molar refractivity (Wildman–Crippen MR) is 58.2 cm³/mol. The average Bonchev–Trinajstić information content (AvgIpc) is 2.11. The summed E-state index contributed by atoms with van der Waals surface area (Å²) in [6.07, 6.45) is 2.08. The molecule has 0 bridgehead atoms. The molecule has 84 valence electrons. The van der Waals surface area contributed by atoms with E-state index >= 15 is 0 Å². The summed E-state index contributed by atoms with van der Waals surface area (Å²) in [5.74, 6) is -0.135. The van der Waals surface area contributed by atoms with Crippen molar-refractivity contribution in [1.29, 1.82) is 0 Å². The number of methoxy groups -OCH3 is 1. The van der Waals surface area contributed by atoms with E-state index < -0.39 is 5.41 Å². The van der Waals surface area contributed by atoms with Gasteiger partial charge in [-0.05, 0) is 34.4 Å². The second-order valence-electron chi connectivity index (χ2n) is 4.48. The molecule has 0 saturated heterocycles. The van der Waals surface area contributed by atoms with Gasteiger partial charge in [-0.3, -0.25) is 4.79 Å². The summed E-state index contributed by atoms with van der Waals surface area (Å²) in [6.45, 7) is 6.02. The molecule has 0 amide bonds. The molecule has 0 aromatic rings. The molecule has 0 saturated carbocycles. The number of ether oxygens (including phenoxy) is 1. The van der Waals surface area contributed by atoms with Gasteiger partial charge < -0.3 is 9.64 Å². The van der Waals surface area contributed by atoms with E-state index in [1.807, 2.05) is 27.9 Å². The number of carbonyl (C=O) groups is 1. The molecule has 3 heteroatoms. The zero-order chi connectivity index (χ0) is 11.4. The highest BCUT2D eigenvalue weighted by Gasteiger charge is 2.38. The van der Waals surface area contributed by atoms with Gasteiger partial charge in [-0.1, -0.05) is 13.3 Å². The smallest absolute Gasteiger partial charge is 0.312 e. The summed E-state index contributed by atoms with van der Waals surface area (Å²) in [4.78, 5) is 13.7. The van der Waals surface area contributed by atoms with Crippen molar-refractivity contribution < 1.29 is 9.53 Å². The molecule has 0 aromatic carbocycles. The summed E-state index contributed by atoms with van der Waals surface area (Å²) in [7, 11) is 5.46. The monoisotopic (exact) mass is 201 g/mol. The van der Waals surface area contributed by atoms with E-state index in [0.717, 1.165) is 12.8 Å². The molecule has 0 rings (SSSR count). The first-order valence-electron chi connectivity index (χ1n) is 5.12. The van der Waals surface area contributed by atoms with E-state index in [0.29, 0.717) is 0 Å². The van der Waals surface area contributed by atoms with Gasteiger partial charge in [0.15, 0.2) is 0 Å². The van der Waals surface area contributed by atoms with Gasteiger partial charge in [0.25, 0.3) is 0 Å². The largest absolute Gasteiger partial charge is 0.469 e. The quantitative estimate of drug-likeness (QED) is 0.636. The van der Waals surface area contributed by atoms with Crippen LogP contribution in [0.5, 0.6) is 0 Å². The third-order valence-corrected chi connectivity index (χ3v) is 2.73. The maximum absolute atomic E-state index is 11.6. The minimum atomic E-state index is -0.436. The highest BCUT2D eigenvalue weighted by molar-refractivity contribution is 5.76. The second-order valence-corrected chi connectivity index (χ2v) is 4.48. The first-order valence-corrected chi connectivity index (χ1v) is 5.12. The molecular weight excluding hydrogens is 178 g/mol. The summed E-state index contributed by atoms with van der Waals surface area (Å²) in [5.41, 5.74) is -0.436. The lowest BCUT2D eigenvalue weighted by molar-refractivity contribution is -0.154. The fourth-order valence-electron chi connectivity index (χ4n) is 1.94. The van der Waals surface area contributed by atoms with Crippen LogP contribution in [0.3, 0.4) is 0 Å². The maximum atomic E-state index is 11.6. The van der Waals surface area contributed by atoms with Crippen LogP contribution in [0, 0.1) is 5.41 Å². The first-order chi connectivity index (χ1) is 6.37. The Morgan fingerprint density at radius 3 is 2.21 bits per heavy atom. The maximum Gasteiger partial charge on any atom is 0.312 e. The Labute approximate surface area is 87.4 Å². The van der Waals surface area contributed by atoms with Crippen LogP contribution in [0.2, 0.25) is 0 Å². The Morgan fingerprint density at radius 1 is 1.43 bits per heavy atom. The zero-order valence-corrected chi connectivity index (χ0v) is 10.3. The van der Waals surface area contributed by atoms with Crippen molar-refractivity contribution in [3.8, 4) is 0 Å². The fourth-order valence-corrected chi connectivity index (χ4v) is 1.94. The molecule has 0 aliphatic carbocycles. The molecule has 14 heavy (non-hydrogen) atoms. The van der Waals surface area contributed by atoms with Gasteiger partial charge in [-0.15, -0.1) is 0 Å². The van der Waals surface area contributed by atoms with E-state index in [4.69, 9.17) is 4.74 Å². The Morgan fingerprint density at radius 2 is 1.93 bits per heavy atom. The fraction of sp³-hybridized carbons (Fsp3) is 0.909. The number of carbonyl (C=O) groups excluding carboxylic acids is 1. The Balaban J connectivity index is 4.70. The Kier molecular flexibility index (Phi) is 5.13. The van der Waals surface area contributed by atoms with Crippen LogP contribution in [-0.2, 0) is 9.53 Å². The molecule has 0 aliphatic rings. The third kappa shape index (κ3) is 2.98. The van der Waals surface area contributed by atoms with Crippen LogP contribution in [0.25, 0.3) is 0 Å². The standard InChI is InChI=1S/C11H23NO2/c1-7-8-9(12(4)5)11(2,3)10(13)14-6/h9H,7-8H2,1-6H3. The topological polar surface area (TPSA) is 29.5 Å². The van der Waals surface area contributed by atoms with Crippen LogP contribution < -0.4 is 0 Å². The molecule has 0 aromatic heterocycles. The van der Waals surface area contributed by atoms with Crippen LogP contribution in [0.1, 0.15) is 33.6 Å². The second kappa shape index (κ2) is 5.35. The van der Waals surface area contributed by atoms with E-state index in [2.05, 4.69) is 11.8 Å². The van der Waals surface area contributed by atoms with Crippen molar-refractivity contribution in [3.63, 3.8) is 0 Å². The normalized spacial score (nSPS) is 14.2. The van der Waals surface area contributed by atoms with Gasteiger partial charge in [0.1, 0.15) is 0 Å². The van der Waals surface area contributed by atoms with Gasteiger partial charge in [-0.2, -0.15) is 0 Å². The number of rotatable bonds is 5. The molecule has 1 unspecified atom stereocenters. The molecule has 0 heterocycles. The molecular formula is C11H23NO2. The average molecular weight is 201 g/mol. The van der Waals surface area contributed by atoms with Crippen molar-refractivity contribution in [3.05, 3.63) is 0 Å². The molecule has 0 fully saturated rings. The van der Waals surface area contributed by atoms with Gasteiger partial charge in [0.2, 0.25) is 0 Å². The SMILES string of the molecule is CCCC(N(C)C)C(C)(C)C(=O)OC. The Hall–Kier alpha value is -0.570. The van der Waals surface area contributed by atoms with Crippen molar-refractivity contribution >= 4 is 5.97 Å². The molecule has 0 N–H and O–H groups in total. The third-order valence-electron chi connectivity index (χ3n) is 2.73. The molecule has 1 atom stereocenters. The molecule has 0 radical (unpaired) electrons. The van der Waals surface area contributed by atoms with E-state index in [1.165, 1.54) is 7.11 Å². The van der Waals surface area contributed by atoms with Crippen LogP contribution >= 0.6 is 0 Å². The Bertz CT molecular complexity index is 188.